The smallest absolute Gasteiger partial charge is 0.298 e. The molecule has 3 rings (SSSR count). The summed E-state index contributed by atoms with van der Waals surface area (Å²) in [6.07, 6.45) is 0. The Hall–Kier alpha value is -2.37. The molecule has 0 fully saturated rings. The van der Waals surface area contributed by atoms with Gasteiger partial charge in [0.2, 0.25) is 5.82 Å². The van der Waals surface area contributed by atoms with Gasteiger partial charge in [-0.2, -0.15) is 0 Å². The van der Waals surface area contributed by atoms with Gasteiger partial charge < -0.3 is 4.74 Å². The van der Waals surface area contributed by atoms with Crippen molar-refractivity contribution in [2.45, 2.75) is 19.8 Å². The van der Waals surface area contributed by atoms with Gasteiger partial charge in [-0.3, -0.25) is 14.8 Å². The largest absolute Gasteiger partial charge is 0.490 e. The van der Waals surface area contributed by atoms with E-state index in [-0.39, 0.29) is 17.6 Å². The van der Waals surface area contributed by atoms with Crippen LogP contribution in [0.25, 0.3) is 0 Å². The number of anilines is 1. The zero-order valence-corrected chi connectivity index (χ0v) is 11.5. The fourth-order valence-electron chi connectivity index (χ4n) is 2.13. The molecule has 0 aliphatic carbocycles. The molecule has 0 atom stereocenters. The van der Waals surface area contributed by atoms with Crippen LogP contribution in [0.4, 0.5) is 5.69 Å². The van der Waals surface area contributed by atoms with E-state index in [1.54, 1.807) is 4.90 Å². The molecule has 1 N–H and O–H groups in total. The monoisotopic (exact) mass is 272 g/mol. The molecular weight excluding hydrogens is 256 g/mol. The molecule has 0 saturated heterocycles. The summed E-state index contributed by atoms with van der Waals surface area (Å²) in [5.74, 6) is 1.64. The van der Waals surface area contributed by atoms with Crippen molar-refractivity contribution in [3.63, 3.8) is 0 Å². The molecule has 2 heterocycles. The molecule has 0 bridgehead atoms. The van der Waals surface area contributed by atoms with Gasteiger partial charge >= 0.3 is 0 Å². The predicted molar refractivity (Wildman–Crippen MR) is 74.1 cm³/mol. The fourth-order valence-corrected chi connectivity index (χ4v) is 2.13. The number of H-pyrrole nitrogens is 1. The van der Waals surface area contributed by atoms with Crippen molar-refractivity contribution < 1.29 is 9.53 Å². The fraction of sp³-hybridized carbons (Fsp3) is 0.357. The van der Waals surface area contributed by atoms with E-state index in [0.717, 1.165) is 11.5 Å². The number of benzene rings is 1. The standard InChI is InChI=1S/C14H16N4O2/c1-9(2)12-15-13(17-16-12)14(19)18-7-8-20-11-6-4-3-5-10(11)18/h3-6,9H,7-8H2,1-2H3,(H,15,16,17). The van der Waals surface area contributed by atoms with Gasteiger partial charge in [0.15, 0.2) is 0 Å². The number of aromatic amines is 1. The van der Waals surface area contributed by atoms with Crippen molar-refractivity contribution in [3.05, 3.63) is 35.9 Å². The number of rotatable bonds is 2. The Morgan fingerprint density at radius 3 is 2.95 bits per heavy atom. The predicted octanol–water partition coefficient (Wildman–Crippen LogP) is 1.97. The Balaban J connectivity index is 1.91. The lowest BCUT2D eigenvalue weighted by molar-refractivity contribution is 0.0967. The summed E-state index contributed by atoms with van der Waals surface area (Å²) in [5.41, 5.74) is 0.764. The molecule has 20 heavy (non-hydrogen) atoms. The van der Waals surface area contributed by atoms with Gasteiger partial charge in [0, 0.05) is 5.92 Å². The molecule has 0 unspecified atom stereocenters. The number of hydrogen-bond donors (Lipinski definition) is 1. The maximum atomic E-state index is 12.5. The first kappa shape index (κ1) is 12.7. The molecule has 2 aromatic rings. The molecule has 6 heteroatoms. The van der Waals surface area contributed by atoms with Crippen LogP contribution in [-0.2, 0) is 0 Å². The van der Waals surface area contributed by atoms with Crippen LogP contribution in [0, 0.1) is 0 Å². The molecule has 1 amide bonds. The van der Waals surface area contributed by atoms with Crippen LogP contribution in [-0.4, -0.2) is 34.2 Å². The van der Waals surface area contributed by atoms with E-state index in [1.165, 1.54) is 0 Å². The minimum Gasteiger partial charge on any atom is -0.490 e. The van der Waals surface area contributed by atoms with Crippen LogP contribution < -0.4 is 9.64 Å². The Labute approximate surface area is 116 Å². The van der Waals surface area contributed by atoms with Gasteiger partial charge in [0.1, 0.15) is 18.2 Å². The quantitative estimate of drug-likeness (QED) is 0.907. The first-order chi connectivity index (χ1) is 9.66. The molecule has 1 aromatic heterocycles. The Bertz CT molecular complexity index is 636. The van der Waals surface area contributed by atoms with E-state index in [4.69, 9.17) is 4.74 Å². The summed E-state index contributed by atoms with van der Waals surface area (Å²) in [4.78, 5) is 18.4. The maximum absolute atomic E-state index is 12.5. The summed E-state index contributed by atoms with van der Waals surface area (Å²) in [5, 5.41) is 6.83. The maximum Gasteiger partial charge on any atom is 0.298 e. The second-order valence-corrected chi connectivity index (χ2v) is 4.97. The SMILES string of the molecule is CC(C)c1nc(C(=O)N2CCOc3ccccc32)n[nH]1. The van der Waals surface area contributed by atoms with E-state index >= 15 is 0 Å². The number of aromatic nitrogens is 3. The van der Waals surface area contributed by atoms with Gasteiger partial charge in [0.25, 0.3) is 5.91 Å². The summed E-state index contributed by atoms with van der Waals surface area (Å²) < 4.78 is 5.54. The van der Waals surface area contributed by atoms with E-state index in [2.05, 4.69) is 15.2 Å². The van der Waals surface area contributed by atoms with Gasteiger partial charge in [-0.05, 0) is 12.1 Å². The first-order valence-electron chi connectivity index (χ1n) is 6.63. The van der Waals surface area contributed by atoms with E-state index in [1.807, 2.05) is 38.1 Å². The zero-order chi connectivity index (χ0) is 14.1. The minimum absolute atomic E-state index is 0.199. The highest BCUT2D eigenvalue weighted by molar-refractivity contribution is 6.04. The molecule has 1 aliphatic rings. The van der Waals surface area contributed by atoms with E-state index in [0.29, 0.717) is 18.9 Å². The third-order valence-electron chi connectivity index (χ3n) is 3.21. The second-order valence-electron chi connectivity index (χ2n) is 4.97. The number of ether oxygens (including phenoxy) is 1. The summed E-state index contributed by atoms with van der Waals surface area (Å²) in [6.45, 7) is 4.98. The number of hydrogen-bond acceptors (Lipinski definition) is 4. The van der Waals surface area contributed by atoms with E-state index < -0.39 is 0 Å². The normalized spacial score (nSPS) is 14.1. The second kappa shape index (κ2) is 4.96. The number of para-hydroxylation sites is 2. The lowest BCUT2D eigenvalue weighted by atomic mass is 10.2. The Morgan fingerprint density at radius 1 is 1.40 bits per heavy atom. The molecule has 6 nitrogen and oxygen atoms in total. The number of carbonyl (C=O) groups excluding carboxylic acids is 1. The van der Waals surface area contributed by atoms with Gasteiger partial charge in [-0.1, -0.05) is 26.0 Å². The van der Waals surface area contributed by atoms with Crippen molar-refractivity contribution in [1.82, 2.24) is 15.2 Å². The summed E-state index contributed by atoms with van der Waals surface area (Å²) in [6, 6.07) is 7.48. The number of carbonyl (C=O) groups is 1. The topological polar surface area (TPSA) is 71.1 Å². The van der Waals surface area contributed by atoms with Crippen LogP contribution in [0.1, 0.15) is 36.2 Å². The van der Waals surface area contributed by atoms with Gasteiger partial charge in [-0.15, -0.1) is 5.10 Å². The Morgan fingerprint density at radius 2 is 2.20 bits per heavy atom. The molecular formula is C14H16N4O2. The number of nitrogens with zero attached hydrogens (tertiary/aromatic N) is 3. The third-order valence-corrected chi connectivity index (χ3v) is 3.21. The lowest BCUT2D eigenvalue weighted by Gasteiger charge is -2.28. The molecule has 0 spiro atoms. The van der Waals surface area contributed by atoms with Crippen LogP contribution in [0.2, 0.25) is 0 Å². The van der Waals surface area contributed by atoms with Crippen molar-refractivity contribution >= 4 is 11.6 Å². The highest BCUT2D eigenvalue weighted by Gasteiger charge is 2.27. The van der Waals surface area contributed by atoms with Gasteiger partial charge in [0.05, 0.1) is 12.2 Å². The average molecular weight is 272 g/mol. The van der Waals surface area contributed by atoms with E-state index in [9.17, 15) is 4.79 Å². The van der Waals surface area contributed by atoms with Crippen LogP contribution in [0.5, 0.6) is 5.75 Å². The minimum atomic E-state index is -0.205. The lowest BCUT2D eigenvalue weighted by Crippen LogP contribution is -2.38. The molecule has 104 valence electrons. The average Bonchev–Trinajstić information content (AvgIpc) is 2.96. The number of amides is 1. The summed E-state index contributed by atoms with van der Waals surface area (Å²) >= 11 is 0. The van der Waals surface area contributed by atoms with Crippen molar-refractivity contribution in [2.24, 2.45) is 0 Å². The van der Waals surface area contributed by atoms with Crippen LogP contribution in [0.3, 0.4) is 0 Å². The molecule has 0 radical (unpaired) electrons. The Kier molecular flexibility index (Phi) is 3.14. The molecule has 0 saturated carbocycles. The third kappa shape index (κ3) is 2.13. The number of fused-ring (bicyclic) bond motifs is 1. The van der Waals surface area contributed by atoms with Crippen molar-refractivity contribution in [2.75, 3.05) is 18.1 Å². The highest BCUT2D eigenvalue weighted by Crippen LogP contribution is 2.31. The van der Waals surface area contributed by atoms with Gasteiger partial charge in [-0.25, -0.2) is 4.98 Å². The summed E-state index contributed by atoms with van der Waals surface area (Å²) in [7, 11) is 0. The molecule has 1 aliphatic heterocycles. The zero-order valence-electron chi connectivity index (χ0n) is 11.5. The van der Waals surface area contributed by atoms with Crippen LogP contribution >= 0.6 is 0 Å². The molecule has 1 aromatic carbocycles. The van der Waals surface area contributed by atoms with Crippen molar-refractivity contribution in [3.8, 4) is 5.75 Å². The number of nitrogens with one attached hydrogen (secondary N) is 1. The van der Waals surface area contributed by atoms with Crippen molar-refractivity contribution in [1.29, 1.82) is 0 Å². The first-order valence-corrected chi connectivity index (χ1v) is 6.63. The van der Waals surface area contributed by atoms with Crippen LogP contribution in [0.15, 0.2) is 24.3 Å². The highest BCUT2D eigenvalue weighted by atomic mass is 16.5.